The number of rotatable bonds is 3. The third kappa shape index (κ3) is 4.72. The summed E-state index contributed by atoms with van der Waals surface area (Å²) in [6, 6.07) is 4.90. The van der Waals surface area contributed by atoms with Crippen molar-refractivity contribution < 1.29 is 22.7 Å². The van der Waals surface area contributed by atoms with Gasteiger partial charge in [-0.15, -0.1) is 0 Å². The van der Waals surface area contributed by atoms with Gasteiger partial charge in [0.2, 0.25) is 0 Å². The molecule has 2 nitrogen and oxygen atoms in total. The Morgan fingerprint density at radius 1 is 1.41 bits per heavy atom. The standard InChI is InChI=1S/C12H11F3O2/c1-9(16)17-7-3-5-10-4-2-6-11(8-10)12(13,14)15/h2-6,8H,7H2,1H3/b5-3+. The minimum absolute atomic E-state index is 0.0472. The molecule has 0 saturated heterocycles. The van der Waals surface area contributed by atoms with Crippen LogP contribution in [0.5, 0.6) is 0 Å². The monoisotopic (exact) mass is 244 g/mol. The normalized spacial score (nSPS) is 11.8. The molecule has 0 spiro atoms. The Hall–Kier alpha value is -1.78. The van der Waals surface area contributed by atoms with Gasteiger partial charge in [-0.05, 0) is 23.8 Å². The van der Waals surface area contributed by atoms with E-state index in [0.717, 1.165) is 12.1 Å². The summed E-state index contributed by atoms with van der Waals surface area (Å²) in [5, 5.41) is 0. The van der Waals surface area contributed by atoms with E-state index in [1.54, 1.807) is 6.07 Å². The third-order valence-corrected chi connectivity index (χ3v) is 1.91. The Morgan fingerprint density at radius 3 is 2.71 bits per heavy atom. The molecular formula is C12H11F3O2. The fourth-order valence-corrected chi connectivity index (χ4v) is 1.17. The van der Waals surface area contributed by atoms with Crippen molar-refractivity contribution in [1.29, 1.82) is 0 Å². The molecule has 17 heavy (non-hydrogen) atoms. The molecule has 0 aliphatic carbocycles. The van der Waals surface area contributed by atoms with Gasteiger partial charge in [-0.3, -0.25) is 4.79 Å². The first-order chi connectivity index (χ1) is 7.89. The highest BCUT2D eigenvalue weighted by atomic mass is 19.4. The Bertz CT molecular complexity index is 422. The van der Waals surface area contributed by atoms with Crippen molar-refractivity contribution in [3.63, 3.8) is 0 Å². The molecular weight excluding hydrogens is 233 g/mol. The van der Waals surface area contributed by atoms with Gasteiger partial charge in [0.15, 0.2) is 0 Å². The Kier molecular flexibility index (Phi) is 4.31. The summed E-state index contributed by atoms with van der Waals surface area (Å²) in [6.07, 6.45) is -1.39. The zero-order valence-corrected chi connectivity index (χ0v) is 9.12. The van der Waals surface area contributed by atoms with Crippen molar-refractivity contribution in [3.05, 3.63) is 41.5 Å². The molecule has 0 unspecified atom stereocenters. The van der Waals surface area contributed by atoms with Crippen molar-refractivity contribution in [3.8, 4) is 0 Å². The van der Waals surface area contributed by atoms with Gasteiger partial charge in [0, 0.05) is 6.92 Å². The molecule has 0 saturated carbocycles. The number of carbonyl (C=O) groups excluding carboxylic acids is 1. The van der Waals surface area contributed by atoms with Gasteiger partial charge in [-0.1, -0.05) is 18.2 Å². The number of halogens is 3. The summed E-state index contributed by atoms with van der Waals surface area (Å²) >= 11 is 0. The van der Waals surface area contributed by atoms with E-state index >= 15 is 0 Å². The van der Waals surface area contributed by atoms with Crippen molar-refractivity contribution in [2.45, 2.75) is 13.1 Å². The number of carbonyl (C=O) groups is 1. The zero-order valence-electron chi connectivity index (χ0n) is 9.12. The van der Waals surface area contributed by atoms with Crippen LogP contribution in [0.1, 0.15) is 18.1 Å². The van der Waals surface area contributed by atoms with E-state index in [-0.39, 0.29) is 6.61 Å². The van der Waals surface area contributed by atoms with Crippen LogP contribution in [0.2, 0.25) is 0 Å². The van der Waals surface area contributed by atoms with E-state index in [1.807, 2.05) is 0 Å². The molecule has 1 rings (SSSR count). The number of ether oxygens (including phenoxy) is 1. The van der Waals surface area contributed by atoms with Gasteiger partial charge in [0.1, 0.15) is 6.61 Å². The molecule has 1 aromatic rings. The molecule has 0 aromatic heterocycles. The molecule has 0 aliphatic rings. The fourth-order valence-electron chi connectivity index (χ4n) is 1.17. The average Bonchev–Trinajstić information content (AvgIpc) is 2.23. The molecule has 0 fully saturated rings. The average molecular weight is 244 g/mol. The first-order valence-electron chi connectivity index (χ1n) is 4.87. The Labute approximate surface area is 96.7 Å². The van der Waals surface area contributed by atoms with Crippen molar-refractivity contribution in [1.82, 2.24) is 0 Å². The quantitative estimate of drug-likeness (QED) is 0.763. The molecule has 0 heterocycles. The highest BCUT2D eigenvalue weighted by Crippen LogP contribution is 2.29. The maximum atomic E-state index is 12.4. The maximum Gasteiger partial charge on any atom is 0.416 e. The SMILES string of the molecule is CC(=O)OC/C=C/c1cccc(C(F)(F)F)c1. The lowest BCUT2D eigenvalue weighted by atomic mass is 10.1. The van der Waals surface area contributed by atoms with E-state index in [9.17, 15) is 18.0 Å². The molecule has 0 atom stereocenters. The van der Waals surface area contributed by atoms with Crippen LogP contribution >= 0.6 is 0 Å². The predicted octanol–water partition coefficient (Wildman–Crippen LogP) is 3.28. The van der Waals surface area contributed by atoms with E-state index in [2.05, 4.69) is 4.74 Å². The largest absolute Gasteiger partial charge is 0.462 e. The minimum atomic E-state index is -4.35. The van der Waals surface area contributed by atoms with Crippen molar-refractivity contribution in [2.24, 2.45) is 0 Å². The van der Waals surface area contributed by atoms with Gasteiger partial charge in [-0.25, -0.2) is 0 Å². The van der Waals surface area contributed by atoms with Crippen LogP contribution in [0.15, 0.2) is 30.3 Å². The number of hydrogen-bond donors (Lipinski definition) is 0. The molecule has 1 aromatic carbocycles. The fraction of sp³-hybridized carbons (Fsp3) is 0.250. The van der Waals surface area contributed by atoms with Gasteiger partial charge >= 0.3 is 12.1 Å². The second kappa shape index (κ2) is 5.52. The molecule has 0 aliphatic heterocycles. The summed E-state index contributed by atoms with van der Waals surface area (Å²) in [5.41, 5.74) is -0.292. The highest BCUT2D eigenvalue weighted by molar-refractivity contribution is 5.66. The third-order valence-electron chi connectivity index (χ3n) is 1.91. The van der Waals surface area contributed by atoms with Gasteiger partial charge in [-0.2, -0.15) is 13.2 Å². The second-order valence-corrected chi connectivity index (χ2v) is 3.33. The summed E-state index contributed by atoms with van der Waals surface area (Å²) < 4.78 is 41.7. The molecule has 0 radical (unpaired) electrons. The molecule has 0 bridgehead atoms. The van der Waals surface area contributed by atoms with Crippen molar-refractivity contribution in [2.75, 3.05) is 6.61 Å². The number of hydrogen-bond acceptors (Lipinski definition) is 2. The van der Waals surface area contributed by atoms with Crippen LogP contribution < -0.4 is 0 Å². The lowest BCUT2D eigenvalue weighted by Crippen LogP contribution is -2.04. The Morgan fingerprint density at radius 2 is 2.12 bits per heavy atom. The Balaban J connectivity index is 2.69. The summed E-state index contributed by atoms with van der Waals surface area (Å²) in [7, 11) is 0. The van der Waals surface area contributed by atoms with Crippen LogP contribution in [0.3, 0.4) is 0 Å². The lowest BCUT2D eigenvalue weighted by molar-refractivity contribution is -0.139. The smallest absolute Gasteiger partial charge is 0.416 e. The summed E-state index contributed by atoms with van der Waals surface area (Å²) in [5.74, 6) is -0.432. The molecule has 5 heteroatoms. The molecule has 0 N–H and O–H groups in total. The second-order valence-electron chi connectivity index (χ2n) is 3.33. The number of alkyl halides is 3. The maximum absolute atomic E-state index is 12.4. The van der Waals surface area contributed by atoms with Crippen LogP contribution in [0.25, 0.3) is 6.08 Å². The van der Waals surface area contributed by atoms with Gasteiger partial charge < -0.3 is 4.74 Å². The highest BCUT2D eigenvalue weighted by Gasteiger charge is 2.30. The van der Waals surface area contributed by atoms with Crippen LogP contribution in [0.4, 0.5) is 13.2 Å². The summed E-state index contributed by atoms with van der Waals surface area (Å²) in [4.78, 5) is 10.4. The predicted molar refractivity (Wildman–Crippen MR) is 57.1 cm³/mol. The van der Waals surface area contributed by atoms with Crippen LogP contribution in [0, 0.1) is 0 Å². The van der Waals surface area contributed by atoms with Gasteiger partial charge in [0.05, 0.1) is 5.56 Å². The van der Waals surface area contributed by atoms with Crippen molar-refractivity contribution >= 4 is 12.0 Å². The first-order valence-corrected chi connectivity index (χ1v) is 4.87. The van der Waals surface area contributed by atoms with Crippen LogP contribution in [-0.4, -0.2) is 12.6 Å². The first kappa shape index (κ1) is 13.3. The summed E-state index contributed by atoms with van der Waals surface area (Å²) in [6.45, 7) is 1.31. The zero-order chi connectivity index (χ0) is 12.9. The lowest BCUT2D eigenvalue weighted by Gasteiger charge is -2.06. The number of esters is 1. The van der Waals surface area contributed by atoms with E-state index in [0.29, 0.717) is 5.56 Å². The minimum Gasteiger partial charge on any atom is -0.462 e. The van der Waals surface area contributed by atoms with E-state index < -0.39 is 17.7 Å². The van der Waals surface area contributed by atoms with E-state index in [1.165, 1.54) is 25.1 Å². The van der Waals surface area contributed by atoms with E-state index in [4.69, 9.17) is 0 Å². The van der Waals surface area contributed by atoms with Gasteiger partial charge in [0.25, 0.3) is 0 Å². The molecule has 0 amide bonds. The molecule has 92 valence electrons. The topological polar surface area (TPSA) is 26.3 Å². The van der Waals surface area contributed by atoms with Crippen LogP contribution in [-0.2, 0) is 15.7 Å². The number of benzene rings is 1.